The summed E-state index contributed by atoms with van der Waals surface area (Å²) in [5, 5.41) is 0. The second kappa shape index (κ2) is 4.65. The predicted molar refractivity (Wildman–Crippen MR) is 84.3 cm³/mol. The number of hydrogen-bond acceptors (Lipinski definition) is 3. The summed E-state index contributed by atoms with van der Waals surface area (Å²) in [4.78, 5) is 4.57. The fourth-order valence-electron chi connectivity index (χ4n) is 3.50. The molecule has 1 aromatic carbocycles. The minimum atomic E-state index is 0.516. The van der Waals surface area contributed by atoms with Gasteiger partial charge in [-0.2, -0.15) is 0 Å². The summed E-state index contributed by atoms with van der Waals surface area (Å²) >= 11 is 0. The number of nitrogen functional groups attached to an aromatic ring is 1. The van der Waals surface area contributed by atoms with Gasteiger partial charge in [-0.15, -0.1) is 0 Å². The number of nitrogens with two attached hydrogens (primary N) is 1. The van der Waals surface area contributed by atoms with Crippen LogP contribution in [0.5, 0.6) is 5.75 Å². The number of imidazole rings is 1. The first-order valence-corrected chi connectivity index (χ1v) is 8.11. The minimum absolute atomic E-state index is 0.516. The highest BCUT2D eigenvalue weighted by Crippen LogP contribution is 2.62. The molecule has 0 bridgehead atoms. The summed E-state index contributed by atoms with van der Waals surface area (Å²) in [5.74, 6) is 2.41. The highest BCUT2D eigenvalue weighted by molar-refractivity contribution is 5.84. The number of hydrogen-bond donors (Lipinski definition) is 1. The molecule has 112 valence electrons. The molecule has 4 nitrogen and oxygen atoms in total. The fraction of sp³-hybridized carbons (Fsp3) is 0.588. The Hall–Kier alpha value is -1.71. The van der Waals surface area contributed by atoms with E-state index in [1.54, 1.807) is 0 Å². The number of anilines is 1. The van der Waals surface area contributed by atoms with Gasteiger partial charge in [0.25, 0.3) is 0 Å². The Morgan fingerprint density at radius 1 is 1.38 bits per heavy atom. The second-order valence-corrected chi connectivity index (χ2v) is 6.67. The molecule has 2 aliphatic rings. The molecule has 1 heterocycles. The highest BCUT2D eigenvalue weighted by atomic mass is 16.5. The molecule has 21 heavy (non-hydrogen) atoms. The van der Waals surface area contributed by atoms with Gasteiger partial charge in [0.2, 0.25) is 5.95 Å². The van der Waals surface area contributed by atoms with E-state index in [2.05, 4.69) is 22.5 Å². The summed E-state index contributed by atoms with van der Waals surface area (Å²) in [6.45, 7) is 3.86. The average Bonchev–Trinajstić information content (AvgIpc) is 3.36. The van der Waals surface area contributed by atoms with Crippen molar-refractivity contribution in [2.45, 2.75) is 45.6 Å². The molecule has 0 amide bonds. The van der Waals surface area contributed by atoms with Crippen LogP contribution in [0.1, 0.15) is 39.0 Å². The Morgan fingerprint density at radius 3 is 2.86 bits per heavy atom. The van der Waals surface area contributed by atoms with E-state index >= 15 is 0 Å². The molecule has 0 aliphatic heterocycles. The topological polar surface area (TPSA) is 53.1 Å². The van der Waals surface area contributed by atoms with Gasteiger partial charge in [-0.3, -0.25) is 0 Å². The SMILES string of the molecule is CCCOc1cccc2c1nc(N)n2CC1(C2CC2)CC1. The van der Waals surface area contributed by atoms with Crippen molar-refractivity contribution in [3.8, 4) is 5.75 Å². The normalized spacial score (nSPS) is 19.9. The zero-order valence-electron chi connectivity index (χ0n) is 12.6. The predicted octanol–water partition coefficient (Wildman–Crippen LogP) is 3.60. The third kappa shape index (κ3) is 2.17. The van der Waals surface area contributed by atoms with Gasteiger partial charge in [0.15, 0.2) is 0 Å². The fourth-order valence-corrected chi connectivity index (χ4v) is 3.50. The van der Waals surface area contributed by atoms with Crippen molar-refractivity contribution in [3.63, 3.8) is 0 Å². The van der Waals surface area contributed by atoms with Crippen molar-refractivity contribution in [1.29, 1.82) is 0 Å². The van der Waals surface area contributed by atoms with Crippen molar-refractivity contribution in [2.24, 2.45) is 11.3 Å². The molecule has 0 unspecified atom stereocenters. The summed E-state index contributed by atoms with van der Waals surface area (Å²) < 4.78 is 8.02. The van der Waals surface area contributed by atoms with Gasteiger partial charge in [0, 0.05) is 6.54 Å². The number of nitrogens with zero attached hydrogens (tertiary/aromatic N) is 2. The van der Waals surface area contributed by atoms with Gasteiger partial charge in [0.05, 0.1) is 12.1 Å². The van der Waals surface area contributed by atoms with E-state index < -0.39 is 0 Å². The molecule has 0 atom stereocenters. The molecule has 4 heteroatoms. The molecule has 2 aromatic rings. The zero-order chi connectivity index (χ0) is 14.4. The first kappa shape index (κ1) is 13.0. The molecule has 2 N–H and O–H groups in total. The van der Waals surface area contributed by atoms with Crippen LogP contribution in [0.4, 0.5) is 5.95 Å². The molecular weight excluding hydrogens is 262 g/mol. The Bertz CT molecular complexity index is 668. The highest BCUT2D eigenvalue weighted by Gasteiger charge is 2.54. The van der Waals surface area contributed by atoms with Gasteiger partial charge in [-0.1, -0.05) is 13.0 Å². The van der Waals surface area contributed by atoms with E-state index in [4.69, 9.17) is 10.5 Å². The molecule has 2 saturated carbocycles. The number of benzene rings is 1. The number of fused-ring (bicyclic) bond motifs is 1. The summed E-state index contributed by atoms with van der Waals surface area (Å²) in [6, 6.07) is 6.14. The first-order chi connectivity index (χ1) is 10.2. The van der Waals surface area contributed by atoms with Crippen LogP contribution < -0.4 is 10.5 Å². The lowest BCUT2D eigenvalue weighted by Crippen LogP contribution is -2.15. The minimum Gasteiger partial charge on any atom is -0.491 e. The van der Waals surface area contributed by atoms with Crippen LogP contribution >= 0.6 is 0 Å². The quantitative estimate of drug-likeness (QED) is 0.882. The molecule has 0 radical (unpaired) electrons. The Labute approximate surface area is 125 Å². The average molecular weight is 285 g/mol. The number of rotatable bonds is 6. The number of para-hydroxylation sites is 1. The molecule has 1 aromatic heterocycles. The van der Waals surface area contributed by atoms with Gasteiger partial charge in [0.1, 0.15) is 11.3 Å². The standard InChI is InChI=1S/C17H23N3O/c1-2-10-21-14-5-3-4-13-15(14)19-16(18)20(13)11-17(8-9-17)12-6-7-12/h3-5,12H,2,6-11H2,1H3,(H2,18,19). The van der Waals surface area contributed by atoms with Gasteiger partial charge in [-0.05, 0) is 55.6 Å². The summed E-state index contributed by atoms with van der Waals surface area (Å²) in [6.07, 6.45) is 6.50. The molecule has 0 saturated heterocycles. The van der Waals surface area contributed by atoms with Crippen molar-refractivity contribution < 1.29 is 4.74 Å². The lowest BCUT2D eigenvalue weighted by molar-refractivity contribution is 0.320. The van der Waals surface area contributed by atoms with Gasteiger partial charge >= 0.3 is 0 Å². The lowest BCUT2D eigenvalue weighted by Gasteiger charge is -2.16. The Morgan fingerprint density at radius 2 is 2.19 bits per heavy atom. The third-order valence-electron chi connectivity index (χ3n) is 5.04. The third-order valence-corrected chi connectivity index (χ3v) is 5.04. The van der Waals surface area contributed by atoms with Crippen LogP contribution in [0.25, 0.3) is 11.0 Å². The molecule has 2 fully saturated rings. The zero-order valence-corrected chi connectivity index (χ0v) is 12.6. The maximum atomic E-state index is 6.20. The van der Waals surface area contributed by atoms with Crippen molar-refractivity contribution in [3.05, 3.63) is 18.2 Å². The molecular formula is C17H23N3O. The maximum absolute atomic E-state index is 6.20. The van der Waals surface area contributed by atoms with Crippen LogP contribution in [-0.4, -0.2) is 16.2 Å². The Balaban J connectivity index is 1.70. The van der Waals surface area contributed by atoms with E-state index in [0.717, 1.165) is 42.3 Å². The largest absolute Gasteiger partial charge is 0.491 e. The van der Waals surface area contributed by atoms with Crippen LogP contribution in [0, 0.1) is 11.3 Å². The molecule has 4 rings (SSSR count). The summed E-state index contributed by atoms with van der Waals surface area (Å²) in [7, 11) is 0. The maximum Gasteiger partial charge on any atom is 0.201 e. The van der Waals surface area contributed by atoms with Crippen LogP contribution in [0.15, 0.2) is 18.2 Å². The Kier molecular flexibility index (Phi) is 2.88. The smallest absolute Gasteiger partial charge is 0.201 e. The van der Waals surface area contributed by atoms with Gasteiger partial charge in [-0.25, -0.2) is 4.98 Å². The van der Waals surface area contributed by atoms with Crippen molar-refractivity contribution in [2.75, 3.05) is 12.3 Å². The van der Waals surface area contributed by atoms with Gasteiger partial charge < -0.3 is 15.0 Å². The first-order valence-electron chi connectivity index (χ1n) is 8.11. The van der Waals surface area contributed by atoms with E-state index in [9.17, 15) is 0 Å². The van der Waals surface area contributed by atoms with Crippen LogP contribution in [0.2, 0.25) is 0 Å². The van der Waals surface area contributed by atoms with Crippen LogP contribution in [0.3, 0.4) is 0 Å². The van der Waals surface area contributed by atoms with E-state index in [1.165, 1.54) is 25.7 Å². The monoisotopic (exact) mass is 285 g/mol. The second-order valence-electron chi connectivity index (χ2n) is 6.67. The number of ether oxygens (including phenoxy) is 1. The van der Waals surface area contributed by atoms with Crippen LogP contribution in [-0.2, 0) is 6.54 Å². The van der Waals surface area contributed by atoms with Crippen molar-refractivity contribution >= 4 is 17.0 Å². The molecule has 0 spiro atoms. The number of aromatic nitrogens is 2. The van der Waals surface area contributed by atoms with E-state index in [-0.39, 0.29) is 0 Å². The van der Waals surface area contributed by atoms with Crippen molar-refractivity contribution in [1.82, 2.24) is 9.55 Å². The lowest BCUT2D eigenvalue weighted by atomic mass is 10.0. The summed E-state index contributed by atoms with van der Waals surface area (Å²) in [5.41, 5.74) is 8.75. The molecule has 2 aliphatic carbocycles. The van der Waals surface area contributed by atoms with E-state index in [1.807, 2.05) is 12.1 Å². The van der Waals surface area contributed by atoms with E-state index in [0.29, 0.717) is 11.4 Å².